The number of rotatable bonds is 5. The molecule has 0 saturated carbocycles. The fraction of sp³-hybridized carbons (Fsp3) is 0.600. The van der Waals surface area contributed by atoms with Crippen LogP contribution in [0.25, 0.3) is 0 Å². The highest BCUT2D eigenvalue weighted by Gasteiger charge is 2.29. The third-order valence-corrected chi connectivity index (χ3v) is 6.08. The lowest BCUT2D eigenvalue weighted by atomic mass is 10.1. The molecule has 1 atom stereocenters. The highest BCUT2D eigenvalue weighted by atomic mass is 32.2. The van der Waals surface area contributed by atoms with Crippen LogP contribution in [0.15, 0.2) is 29.2 Å². The van der Waals surface area contributed by atoms with E-state index in [1.807, 2.05) is 20.0 Å². The van der Waals surface area contributed by atoms with E-state index in [2.05, 4.69) is 5.32 Å². The van der Waals surface area contributed by atoms with Gasteiger partial charge in [0.2, 0.25) is 10.0 Å². The van der Waals surface area contributed by atoms with Crippen molar-refractivity contribution in [3.63, 3.8) is 0 Å². The van der Waals surface area contributed by atoms with Gasteiger partial charge in [-0.05, 0) is 44.5 Å². The number of sulfonamides is 1. The van der Waals surface area contributed by atoms with Gasteiger partial charge in [-0.2, -0.15) is 4.31 Å². The summed E-state index contributed by atoms with van der Waals surface area (Å²) in [6.45, 7) is 3.26. The Kier molecular flexibility index (Phi) is 5.37. The van der Waals surface area contributed by atoms with Crippen LogP contribution >= 0.6 is 0 Å². The van der Waals surface area contributed by atoms with Crippen molar-refractivity contribution in [2.24, 2.45) is 0 Å². The number of hydrogen-bond acceptors (Lipinski definition) is 4. The zero-order chi connectivity index (χ0) is 15.5. The maximum absolute atomic E-state index is 12.8. The fourth-order valence-electron chi connectivity index (χ4n) is 2.52. The summed E-state index contributed by atoms with van der Waals surface area (Å²) in [5.74, 6) is 0. The minimum Gasteiger partial charge on any atom is -0.381 e. The highest BCUT2D eigenvalue weighted by Crippen LogP contribution is 2.24. The Labute approximate surface area is 127 Å². The maximum atomic E-state index is 12.8. The molecule has 0 bridgehead atoms. The first kappa shape index (κ1) is 16.4. The van der Waals surface area contributed by atoms with Gasteiger partial charge in [0.25, 0.3) is 0 Å². The van der Waals surface area contributed by atoms with Gasteiger partial charge in [0, 0.05) is 32.3 Å². The van der Waals surface area contributed by atoms with E-state index in [9.17, 15) is 8.42 Å². The Morgan fingerprint density at radius 2 is 2.00 bits per heavy atom. The van der Waals surface area contributed by atoms with E-state index < -0.39 is 10.0 Å². The molecule has 118 valence electrons. The fourth-order valence-corrected chi connectivity index (χ4v) is 3.99. The number of benzene rings is 1. The number of hydrogen-bond donors (Lipinski definition) is 1. The van der Waals surface area contributed by atoms with Crippen LogP contribution in [0, 0.1) is 0 Å². The Morgan fingerprint density at radius 3 is 2.62 bits per heavy atom. The van der Waals surface area contributed by atoms with Gasteiger partial charge in [0.15, 0.2) is 0 Å². The lowest BCUT2D eigenvalue weighted by Gasteiger charge is -2.30. The van der Waals surface area contributed by atoms with Gasteiger partial charge in [-0.1, -0.05) is 12.1 Å². The molecule has 0 spiro atoms. The van der Waals surface area contributed by atoms with E-state index in [0.29, 0.717) is 18.1 Å². The molecule has 0 radical (unpaired) electrons. The van der Waals surface area contributed by atoms with Crippen molar-refractivity contribution in [2.75, 3.05) is 27.3 Å². The van der Waals surface area contributed by atoms with Crippen molar-refractivity contribution in [3.8, 4) is 0 Å². The molecule has 1 aromatic rings. The van der Waals surface area contributed by atoms with E-state index in [-0.39, 0.29) is 12.1 Å². The van der Waals surface area contributed by atoms with Gasteiger partial charge in [0.1, 0.15) is 0 Å². The van der Waals surface area contributed by atoms with Crippen LogP contribution in [0.1, 0.15) is 31.4 Å². The van der Waals surface area contributed by atoms with Gasteiger partial charge < -0.3 is 10.1 Å². The molecule has 0 aromatic heterocycles. The summed E-state index contributed by atoms with van der Waals surface area (Å²) in [5, 5.41) is 3.13. The first-order valence-electron chi connectivity index (χ1n) is 7.30. The summed E-state index contributed by atoms with van der Waals surface area (Å²) >= 11 is 0. The van der Waals surface area contributed by atoms with Crippen LogP contribution in [0.3, 0.4) is 0 Å². The predicted octanol–water partition coefficient (Wildman–Crippen LogP) is 1.77. The van der Waals surface area contributed by atoms with Crippen molar-refractivity contribution in [3.05, 3.63) is 29.8 Å². The van der Waals surface area contributed by atoms with Crippen molar-refractivity contribution in [2.45, 2.75) is 36.7 Å². The third-order valence-electron chi connectivity index (χ3n) is 4.17. The van der Waals surface area contributed by atoms with E-state index in [0.717, 1.165) is 18.4 Å². The van der Waals surface area contributed by atoms with E-state index in [1.165, 1.54) is 4.31 Å². The molecule has 2 rings (SSSR count). The van der Waals surface area contributed by atoms with Gasteiger partial charge in [-0.15, -0.1) is 0 Å². The Morgan fingerprint density at radius 1 is 1.33 bits per heavy atom. The summed E-state index contributed by atoms with van der Waals surface area (Å²) in [4.78, 5) is 0.357. The van der Waals surface area contributed by atoms with Crippen LogP contribution in [-0.2, 0) is 14.8 Å². The van der Waals surface area contributed by atoms with E-state index in [4.69, 9.17) is 4.74 Å². The van der Waals surface area contributed by atoms with Crippen LogP contribution in [-0.4, -0.2) is 46.1 Å². The first-order valence-corrected chi connectivity index (χ1v) is 8.74. The van der Waals surface area contributed by atoms with Crippen LogP contribution < -0.4 is 5.32 Å². The molecular weight excluding hydrogens is 288 g/mol. The predicted molar refractivity (Wildman–Crippen MR) is 82.7 cm³/mol. The van der Waals surface area contributed by atoms with Crippen LogP contribution in [0.4, 0.5) is 0 Å². The second kappa shape index (κ2) is 6.87. The SMILES string of the molecule is CNC(C)c1cccc(S(=O)(=O)N(C)C2CCOCC2)c1. The molecule has 1 saturated heterocycles. The molecule has 6 heteroatoms. The molecule has 1 heterocycles. The van der Waals surface area contributed by atoms with E-state index in [1.54, 1.807) is 25.2 Å². The lowest BCUT2D eigenvalue weighted by molar-refractivity contribution is 0.0632. The molecule has 1 unspecified atom stereocenters. The summed E-state index contributed by atoms with van der Waals surface area (Å²) in [6.07, 6.45) is 1.50. The molecular formula is C15H24N2O3S. The maximum Gasteiger partial charge on any atom is 0.243 e. The smallest absolute Gasteiger partial charge is 0.243 e. The molecule has 1 aliphatic heterocycles. The van der Waals surface area contributed by atoms with Gasteiger partial charge in [0.05, 0.1) is 4.90 Å². The molecule has 21 heavy (non-hydrogen) atoms. The average Bonchev–Trinajstić information content (AvgIpc) is 2.54. The molecule has 1 aliphatic rings. The Hall–Kier alpha value is -0.950. The summed E-state index contributed by atoms with van der Waals surface area (Å²) in [7, 11) is 0.0744. The number of nitrogens with zero attached hydrogens (tertiary/aromatic N) is 1. The highest BCUT2D eigenvalue weighted by molar-refractivity contribution is 7.89. The van der Waals surface area contributed by atoms with Gasteiger partial charge >= 0.3 is 0 Å². The van der Waals surface area contributed by atoms with Gasteiger partial charge in [-0.25, -0.2) is 8.42 Å². The quantitative estimate of drug-likeness (QED) is 0.900. The minimum atomic E-state index is -3.45. The van der Waals surface area contributed by atoms with Crippen molar-refractivity contribution in [1.29, 1.82) is 0 Å². The topological polar surface area (TPSA) is 58.6 Å². The summed E-state index contributed by atoms with van der Waals surface area (Å²) in [6, 6.07) is 7.30. The monoisotopic (exact) mass is 312 g/mol. The van der Waals surface area contributed by atoms with Crippen LogP contribution in [0.2, 0.25) is 0 Å². The van der Waals surface area contributed by atoms with E-state index >= 15 is 0 Å². The molecule has 1 aromatic carbocycles. The lowest BCUT2D eigenvalue weighted by Crippen LogP contribution is -2.40. The first-order chi connectivity index (χ1) is 9.96. The average molecular weight is 312 g/mol. The van der Waals surface area contributed by atoms with Crippen LogP contribution in [0.5, 0.6) is 0 Å². The second-order valence-electron chi connectivity index (χ2n) is 5.45. The largest absolute Gasteiger partial charge is 0.381 e. The molecule has 0 aliphatic carbocycles. The summed E-state index contributed by atoms with van der Waals surface area (Å²) in [5.41, 5.74) is 0.971. The third kappa shape index (κ3) is 3.63. The number of ether oxygens (including phenoxy) is 1. The van der Waals surface area contributed by atoms with Crippen molar-refractivity contribution in [1.82, 2.24) is 9.62 Å². The zero-order valence-electron chi connectivity index (χ0n) is 12.9. The molecule has 1 fully saturated rings. The Balaban J connectivity index is 2.26. The molecule has 5 nitrogen and oxygen atoms in total. The molecule has 1 N–H and O–H groups in total. The standard InChI is InChI=1S/C15H24N2O3S/c1-12(16-2)13-5-4-6-15(11-13)21(18,19)17(3)14-7-9-20-10-8-14/h4-6,11-12,14,16H,7-10H2,1-3H3. The molecule has 0 amide bonds. The Bertz CT molecular complexity index is 568. The van der Waals surface area contributed by atoms with Crippen molar-refractivity contribution < 1.29 is 13.2 Å². The normalized spacial score (nSPS) is 18.9. The minimum absolute atomic E-state index is 0.0223. The summed E-state index contributed by atoms with van der Waals surface area (Å²) < 4.78 is 32.3. The number of nitrogens with one attached hydrogen (secondary N) is 1. The van der Waals surface area contributed by atoms with Crippen molar-refractivity contribution >= 4 is 10.0 Å². The van der Waals surface area contributed by atoms with Gasteiger partial charge in [-0.3, -0.25) is 0 Å². The second-order valence-corrected chi connectivity index (χ2v) is 7.45. The zero-order valence-corrected chi connectivity index (χ0v) is 13.7.